The number of benzene rings is 1. The van der Waals surface area contributed by atoms with Gasteiger partial charge >= 0.3 is 0 Å². The predicted octanol–water partition coefficient (Wildman–Crippen LogP) is 3.78. The van der Waals surface area contributed by atoms with Crippen LogP contribution in [0.5, 0.6) is 0 Å². The molecule has 1 nitrogen and oxygen atoms in total. The molecule has 17 heavy (non-hydrogen) atoms. The Labute approximate surface area is 104 Å². The maximum Gasteiger partial charge on any atom is 0.123 e. The average Bonchev–Trinajstić information content (AvgIpc) is 2.25. The molecule has 1 N–H and O–H groups in total. The standard InChI is InChI=1S/C15H24FN/c1-12(11-17-15(2,3)4)5-6-13-7-9-14(16)10-8-13/h7-10,12,17H,5-6,11H2,1-4H3. The van der Waals surface area contributed by atoms with Gasteiger partial charge < -0.3 is 5.32 Å². The van der Waals surface area contributed by atoms with Crippen molar-refractivity contribution in [2.75, 3.05) is 6.54 Å². The van der Waals surface area contributed by atoms with Crippen molar-refractivity contribution in [3.05, 3.63) is 35.6 Å². The monoisotopic (exact) mass is 237 g/mol. The minimum Gasteiger partial charge on any atom is -0.312 e. The molecule has 1 rings (SSSR count). The molecular formula is C15H24FN. The summed E-state index contributed by atoms with van der Waals surface area (Å²) in [4.78, 5) is 0. The number of rotatable bonds is 5. The molecule has 0 fully saturated rings. The molecule has 0 spiro atoms. The molecule has 0 aliphatic carbocycles. The second-order valence-electron chi connectivity index (χ2n) is 5.90. The van der Waals surface area contributed by atoms with Gasteiger partial charge in [0, 0.05) is 5.54 Å². The Balaban J connectivity index is 2.28. The van der Waals surface area contributed by atoms with Crippen molar-refractivity contribution in [3.8, 4) is 0 Å². The molecule has 1 aromatic rings. The second kappa shape index (κ2) is 6.15. The Morgan fingerprint density at radius 3 is 2.29 bits per heavy atom. The van der Waals surface area contributed by atoms with Gasteiger partial charge in [0.05, 0.1) is 0 Å². The van der Waals surface area contributed by atoms with Crippen LogP contribution in [0.15, 0.2) is 24.3 Å². The summed E-state index contributed by atoms with van der Waals surface area (Å²) in [7, 11) is 0. The SMILES string of the molecule is CC(CCc1ccc(F)cc1)CNC(C)(C)C. The highest BCUT2D eigenvalue weighted by Crippen LogP contribution is 2.11. The molecule has 0 heterocycles. The van der Waals surface area contributed by atoms with E-state index in [0.29, 0.717) is 5.92 Å². The second-order valence-corrected chi connectivity index (χ2v) is 5.90. The average molecular weight is 237 g/mol. The summed E-state index contributed by atoms with van der Waals surface area (Å²) in [5.41, 5.74) is 1.40. The summed E-state index contributed by atoms with van der Waals surface area (Å²) in [6, 6.07) is 6.82. The number of hydrogen-bond donors (Lipinski definition) is 1. The molecule has 0 aliphatic heterocycles. The van der Waals surface area contributed by atoms with E-state index in [1.54, 1.807) is 0 Å². The predicted molar refractivity (Wildman–Crippen MR) is 71.6 cm³/mol. The molecule has 0 bridgehead atoms. The van der Waals surface area contributed by atoms with Gasteiger partial charge in [0.1, 0.15) is 5.82 Å². The van der Waals surface area contributed by atoms with Gasteiger partial charge in [-0.1, -0.05) is 19.1 Å². The minimum absolute atomic E-state index is 0.156. The van der Waals surface area contributed by atoms with Crippen LogP contribution in [0.3, 0.4) is 0 Å². The summed E-state index contributed by atoms with van der Waals surface area (Å²) < 4.78 is 12.7. The smallest absolute Gasteiger partial charge is 0.123 e. The van der Waals surface area contributed by atoms with Crippen molar-refractivity contribution in [2.45, 2.75) is 46.1 Å². The molecule has 0 radical (unpaired) electrons. The summed E-state index contributed by atoms with van der Waals surface area (Å²) in [6.45, 7) is 9.83. The molecule has 0 saturated heterocycles. The van der Waals surface area contributed by atoms with Gasteiger partial charge in [-0.25, -0.2) is 4.39 Å². The fourth-order valence-corrected chi connectivity index (χ4v) is 1.65. The van der Waals surface area contributed by atoms with E-state index >= 15 is 0 Å². The lowest BCUT2D eigenvalue weighted by Crippen LogP contribution is -2.38. The summed E-state index contributed by atoms with van der Waals surface area (Å²) in [5.74, 6) is 0.482. The van der Waals surface area contributed by atoms with E-state index < -0.39 is 0 Å². The highest BCUT2D eigenvalue weighted by Gasteiger charge is 2.10. The van der Waals surface area contributed by atoms with Crippen LogP contribution in [0.2, 0.25) is 0 Å². The third kappa shape index (κ3) is 6.42. The van der Waals surface area contributed by atoms with Crippen LogP contribution in [-0.4, -0.2) is 12.1 Å². The molecule has 0 amide bonds. The molecule has 1 aromatic carbocycles. The van der Waals surface area contributed by atoms with Gasteiger partial charge in [-0.2, -0.15) is 0 Å². The molecule has 2 heteroatoms. The first-order valence-electron chi connectivity index (χ1n) is 6.36. The molecule has 1 atom stereocenters. The first kappa shape index (κ1) is 14.2. The third-order valence-electron chi connectivity index (χ3n) is 2.82. The first-order valence-corrected chi connectivity index (χ1v) is 6.36. The van der Waals surface area contributed by atoms with E-state index in [-0.39, 0.29) is 11.4 Å². The van der Waals surface area contributed by atoms with Crippen LogP contribution in [0.25, 0.3) is 0 Å². The highest BCUT2D eigenvalue weighted by atomic mass is 19.1. The minimum atomic E-state index is -0.156. The maximum absolute atomic E-state index is 12.7. The lowest BCUT2D eigenvalue weighted by Gasteiger charge is -2.23. The van der Waals surface area contributed by atoms with Crippen LogP contribution in [0.4, 0.5) is 4.39 Å². The molecule has 1 unspecified atom stereocenters. The van der Waals surface area contributed by atoms with Crippen molar-refractivity contribution in [2.24, 2.45) is 5.92 Å². The quantitative estimate of drug-likeness (QED) is 0.821. The Morgan fingerprint density at radius 1 is 1.18 bits per heavy atom. The van der Waals surface area contributed by atoms with Crippen molar-refractivity contribution in [1.82, 2.24) is 5.32 Å². The highest BCUT2D eigenvalue weighted by molar-refractivity contribution is 5.16. The van der Waals surface area contributed by atoms with Gasteiger partial charge in [-0.3, -0.25) is 0 Å². The van der Waals surface area contributed by atoms with Crippen LogP contribution >= 0.6 is 0 Å². The normalized spacial score (nSPS) is 13.7. The summed E-state index contributed by atoms with van der Waals surface area (Å²) >= 11 is 0. The number of aryl methyl sites for hydroxylation is 1. The van der Waals surface area contributed by atoms with E-state index in [4.69, 9.17) is 0 Å². The van der Waals surface area contributed by atoms with Crippen molar-refractivity contribution >= 4 is 0 Å². The van der Waals surface area contributed by atoms with E-state index in [2.05, 4.69) is 33.0 Å². The Bertz CT molecular complexity index is 324. The van der Waals surface area contributed by atoms with E-state index in [0.717, 1.165) is 19.4 Å². The van der Waals surface area contributed by atoms with Crippen LogP contribution in [0.1, 0.15) is 39.7 Å². The van der Waals surface area contributed by atoms with Gasteiger partial charge in [0.25, 0.3) is 0 Å². The Morgan fingerprint density at radius 2 is 1.76 bits per heavy atom. The maximum atomic E-state index is 12.7. The van der Waals surface area contributed by atoms with Crippen molar-refractivity contribution < 1.29 is 4.39 Å². The molecule has 0 aromatic heterocycles. The number of hydrogen-bond acceptors (Lipinski definition) is 1. The topological polar surface area (TPSA) is 12.0 Å². The van der Waals surface area contributed by atoms with Crippen molar-refractivity contribution in [1.29, 1.82) is 0 Å². The van der Waals surface area contributed by atoms with Gasteiger partial charge in [0.15, 0.2) is 0 Å². The molecule has 0 saturated carbocycles. The van der Waals surface area contributed by atoms with Gasteiger partial charge in [-0.15, -0.1) is 0 Å². The number of nitrogens with one attached hydrogen (secondary N) is 1. The van der Waals surface area contributed by atoms with Crippen LogP contribution in [-0.2, 0) is 6.42 Å². The van der Waals surface area contributed by atoms with Gasteiger partial charge in [-0.05, 0) is 63.8 Å². The lowest BCUT2D eigenvalue weighted by molar-refractivity contribution is 0.372. The lowest BCUT2D eigenvalue weighted by atomic mass is 9.99. The summed E-state index contributed by atoms with van der Waals surface area (Å²) in [5, 5.41) is 3.51. The van der Waals surface area contributed by atoms with E-state index in [1.165, 1.54) is 17.7 Å². The molecule has 96 valence electrons. The zero-order chi connectivity index (χ0) is 12.9. The number of halogens is 1. The fraction of sp³-hybridized carbons (Fsp3) is 0.600. The molecule has 0 aliphatic rings. The third-order valence-corrected chi connectivity index (χ3v) is 2.82. The largest absolute Gasteiger partial charge is 0.312 e. The molecular weight excluding hydrogens is 213 g/mol. The Hall–Kier alpha value is -0.890. The fourth-order valence-electron chi connectivity index (χ4n) is 1.65. The zero-order valence-electron chi connectivity index (χ0n) is 11.4. The van der Waals surface area contributed by atoms with Crippen LogP contribution < -0.4 is 5.32 Å². The van der Waals surface area contributed by atoms with E-state index in [9.17, 15) is 4.39 Å². The first-order chi connectivity index (χ1) is 7.87. The van der Waals surface area contributed by atoms with Gasteiger partial charge in [0.2, 0.25) is 0 Å². The van der Waals surface area contributed by atoms with E-state index in [1.807, 2.05) is 12.1 Å². The summed E-state index contributed by atoms with van der Waals surface area (Å²) in [6.07, 6.45) is 2.15. The Kier molecular flexibility index (Phi) is 5.13. The van der Waals surface area contributed by atoms with Crippen molar-refractivity contribution in [3.63, 3.8) is 0 Å². The zero-order valence-corrected chi connectivity index (χ0v) is 11.4. The van der Waals surface area contributed by atoms with Crippen LogP contribution in [0, 0.1) is 11.7 Å².